The normalized spacial score (nSPS) is 12.9. The highest BCUT2D eigenvalue weighted by Crippen LogP contribution is 2.50. The Hall–Kier alpha value is -6.22. The lowest BCUT2D eigenvalue weighted by atomic mass is 9.82. The van der Waals surface area contributed by atoms with Crippen molar-refractivity contribution in [2.75, 3.05) is 4.90 Å². The number of thiophene rings is 1. The minimum Gasteiger partial charge on any atom is -0.310 e. The Balaban J connectivity index is 1.05. The molecule has 8 aromatic carbocycles. The summed E-state index contributed by atoms with van der Waals surface area (Å²) in [5.74, 6) is 0. The molecule has 1 aliphatic carbocycles. The average molecular weight is 696 g/mol. The standard InChI is InChI=1S/C51H37NS/c1-51(2)47-17-8-6-15-43(47)45-32-39(23-29-48(45)51)37-13-10-14-42(31-37)52(40-25-19-35(20-26-40)34-11-4-3-5-12-34)41-27-21-36(22-28-41)38-24-30-50-46(33-38)44-16-7-9-18-49(44)53-50/h3-33H,1-2H3. The van der Waals surface area contributed by atoms with Crippen molar-refractivity contribution in [2.24, 2.45) is 0 Å². The minimum absolute atomic E-state index is 0.00950. The maximum atomic E-state index is 2.39. The Bertz CT molecular complexity index is 2790. The van der Waals surface area contributed by atoms with Crippen LogP contribution >= 0.6 is 11.3 Å². The predicted octanol–water partition coefficient (Wildman–Crippen LogP) is 14.8. The predicted molar refractivity (Wildman–Crippen MR) is 228 cm³/mol. The van der Waals surface area contributed by atoms with Gasteiger partial charge in [-0.15, -0.1) is 11.3 Å². The van der Waals surface area contributed by atoms with E-state index in [2.05, 4.69) is 207 Å². The Labute approximate surface area is 315 Å². The molecule has 0 spiro atoms. The molecule has 1 nitrogen and oxygen atoms in total. The molecule has 1 heterocycles. The molecule has 9 aromatic rings. The third kappa shape index (κ3) is 5.37. The summed E-state index contributed by atoms with van der Waals surface area (Å²) in [6, 6.07) is 69.1. The van der Waals surface area contributed by atoms with Crippen LogP contribution in [0.3, 0.4) is 0 Å². The van der Waals surface area contributed by atoms with Crippen LogP contribution in [0.1, 0.15) is 25.0 Å². The van der Waals surface area contributed by atoms with Gasteiger partial charge in [-0.05, 0) is 116 Å². The van der Waals surface area contributed by atoms with Crippen molar-refractivity contribution >= 4 is 48.6 Å². The van der Waals surface area contributed by atoms with Crippen LogP contribution in [0.4, 0.5) is 17.1 Å². The van der Waals surface area contributed by atoms with Gasteiger partial charge in [0, 0.05) is 42.6 Å². The highest BCUT2D eigenvalue weighted by Gasteiger charge is 2.35. The number of nitrogens with zero attached hydrogens (tertiary/aromatic N) is 1. The lowest BCUT2D eigenvalue weighted by molar-refractivity contribution is 0.660. The number of rotatable bonds is 6. The first kappa shape index (κ1) is 31.5. The molecule has 2 heteroatoms. The first-order valence-electron chi connectivity index (χ1n) is 18.3. The third-order valence-electron chi connectivity index (χ3n) is 11.1. The van der Waals surface area contributed by atoms with Gasteiger partial charge < -0.3 is 4.90 Å². The van der Waals surface area contributed by atoms with Crippen molar-refractivity contribution < 1.29 is 0 Å². The van der Waals surface area contributed by atoms with Crippen molar-refractivity contribution in [3.63, 3.8) is 0 Å². The lowest BCUT2D eigenvalue weighted by Gasteiger charge is -2.26. The molecule has 1 aliphatic rings. The fourth-order valence-electron chi connectivity index (χ4n) is 8.31. The summed E-state index contributed by atoms with van der Waals surface area (Å²) in [7, 11) is 0. The molecule has 0 bridgehead atoms. The van der Waals surface area contributed by atoms with Gasteiger partial charge in [-0.1, -0.05) is 141 Å². The molecule has 0 aliphatic heterocycles. The molecule has 0 saturated heterocycles. The van der Waals surface area contributed by atoms with Crippen molar-refractivity contribution in [3.05, 3.63) is 199 Å². The van der Waals surface area contributed by atoms with Gasteiger partial charge in [0.2, 0.25) is 0 Å². The molecular weight excluding hydrogens is 659 g/mol. The van der Waals surface area contributed by atoms with E-state index in [0.29, 0.717) is 0 Å². The maximum absolute atomic E-state index is 2.39. The van der Waals surface area contributed by atoms with E-state index in [1.807, 2.05) is 11.3 Å². The number of fused-ring (bicyclic) bond motifs is 6. The Morgan fingerprint density at radius 3 is 1.70 bits per heavy atom. The summed E-state index contributed by atoms with van der Waals surface area (Å²) in [5.41, 5.74) is 16.1. The van der Waals surface area contributed by atoms with Crippen LogP contribution < -0.4 is 4.90 Å². The molecule has 10 rings (SSSR count). The van der Waals surface area contributed by atoms with Gasteiger partial charge in [0.15, 0.2) is 0 Å². The van der Waals surface area contributed by atoms with Gasteiger partial charge in [0.05, 0.1) is 0 Å². The third-order valence-corrected chi connectivity index (χ3v) is 12.2. The second-order valence-electron chi connectivity index (χ2n) is 14.6. The highest BCUT2D eigenvalue weighted by atomic mass is 32.1. The molecule has 1 aromatic heterocycles. The fourth-order valence-corrected chi connectivity index (χ4v) is 9.40. The van der Waals surface area contributed by atoms with E-state index in [-0.39, 0.29) is 5.41 Å². The maximum Gasteiger partial charge on any atom is 0.0467 e. The van der Waals surface area contributed by atoms with Crippen LogP contribution in [0.15, 0.2) is 188 Å². The molecule has 0 fully saturated rings. The van der Waals surface area contributed by atoms with Crippen molar-refractivity contribution in [1.29, 1.82) is 0 Å². The van der Waals surface area contributed by atoms with Crippen molar-refractivity contribution in [2.45, 2.75) is 19.3 Å². The van der Waals surface area contributed by atoms with E-state index >= 15 is 0 Å². The van der Waals surface area contributed by atoms with Gasteiger partial charge in [0.25, 0.3) is 0 Å². The summed E-state index contributed by atoms with van der Waals surface area (Å²) in [6.45, 7) is 4.68. The second-order valence-corrected chi connectivity index (χ2v) is 15.7. The lowest BCUT2D eigenvalue weighted by Crippen LogP contribution is -2.14. The van der Waals surface area contributed by atoms with Crippen molar-refractivity contribution in [3.8, 4) is 44.5 Å². The van der Waals surface area contributed by atoms with Gasteiger partial charge in [-0.2, -0.15) is 0 Å². The second kappa shape index (κ2) is 12.5. The number of anilines is 3. The number of hydrogen-bond acceptors (Lipinski definition) is 2. The van der Waals surface area contributed by atoms with Crippen LogP contribution in [0.25, 0.3) is 64.7 Å². The molecular formula is C51H37NS. The quantitative estimate of drug-likeness (QED) is 0.167. The van der Waals surface area contributed by atoms with Gasteiger partial charge >= 0.3 is 0 Å². The number of benzene rings is 8. The van der Waals surface area contributed by atoms with E-state index in [0.717, 1.165) is 17.1 Å². The molecule has 0 N–H and O–H groups in total. The van der Waals surface area contributed by atoms with Crippen LogP contribution in [-0.2, 0) is 5.41 Å². The minimum atomic E-state index is -0.00950. The van der Waals surface area contributed by atoms with Crippen molar-refractivity contribution in [1.82, 2.24) is 0 Å². The zero-order valence-corrected chi connectivity index (χ0v) is 30.6. The highest BCUT2D eigenvalue weighted by molar-refractivity contribution is 7.25. The van der Waals surface area contributed by atoms with E-state index in [9.17, 15) is 0 Å². The van der Waals surface area contributed by atoms with Crippen LogP contribution in [0.2, 0.25) is 0 Å². The molecule has 0 radical (unpaired) electrons. The molecule has 0 saturated carbocycles. The smallest absolute Gasteiger partial charge is 0.0467 e. The Kier molecular flexibility index (Phi) is 7.42. The monoisotopic (exact) mass is 695 g/mol. The molecule has 53 heavy (non-hydrogen) atoms. The summed E-state index contributed by atoms with van der Waals surface area (Å²) in [6.07, 6.45) is 0. The summed E-state index contributed by atoms with van der Waals surface area (Å²) >= 11 is 1.86. The molecule has 0 unspecified atom stereocenters. The zero-order chi connectivity index (χ0) is 35.5. The van der Waals surface area contributed by atoms with Crippen LogP contribution in [0.5, 0.6) is 0 Å². The zero-order valence-electron chi connectivity index (χ0n) is 29.8. The topological polar surface area (TPSA) is 3.24 Å². The fraction of sp³-hybridized carbons (Fsp3) is 0.0588. The summed E-state index contributed by atoms with van der Waals surface area (Å²) < 4.78 is 2.66. The van der Waals surface area contributed by atoms with E-state index in [4.69, 9.17) is 0 Å². The van der Waals surface area contributed by atoms with E-state index < -0.39 is 0 Å². The van der Waals surface area contributed by atoms with E-state index in [1.165, 1.54) is 75.8 Å². The SMILES string of the molecule is CC1(C)c2ccccc2-c2cc(-c3cccc(N(c4ccc(-c5ccccc5)cc4)c4ccc(-c5ccc6sc7ccccc7c6c5)cc4)c3)ccc21. The van der Waals surface area contributed by atoms with Crippen LogP contribution in [-0.4, -0.2) is 0 Å². The number of hydrogen-bond donors (Lipinski definition) is 0. The van der Waals surface area contributed by atoms with E-state index in [1.54, 1.807) is 0 Å². The van der Waals surface area contributed by atoms with Crippen LogP contribution in [0, 0.1) is 0 Å². The average Bonchev–Trinajstić information content (AvgIpc) is 3.70. The summed E-state index contributed by atoms with van der Waals surface area (Å²) in [4.78, 5) is 2.38. The molecule has 0 amide bonds. The first-order valence-corrected chi connectivity index (χ1v) is 19.2. The van der Waals surface area contributed by atoms with Gasteiger partial charge in [-0.3, -0.25) is 0 Å². The van der Waals surface area contributed by atoms with Gasteiger partial charge in [0.1, 0.15) is 0 Å². The largest absolute Gasteiger partial charge is 0.310 e. The molecule has 252 valence electrons. The molecule has 0 atom stereocenters. The first-order chi connectivity index (χ1) is 26.0. The Morgan fingerprint density at radius 1 is 0.358 bits per heavy atom. The summed E-state index contributed by atoms with van der Waals surface area (Å²) in [5, 5.41) is 2.65. The van der Waals surface area contributed by atoms with Gasteiger partial charge in [-0.25, -0.2) is 0 Å². The Morgan fingerprint density at radius 2 is 0.906 bits per heavy atom.